The summed E-state index contributed by atoms with van der Waals surface area (Å²) < 4.78 is 0.283. The van der Waals surface area contributed by atoms with Crippen molar-refractivity contribution in [3.63, 3.8) is 0 Å². The highest BCUT2D eigenvalue weighted by Crippen LogP contribution is 2.32. The van der Waals surface area contributed by atoms with Crippen LogP contribution < -0.4 is 5.56 Å². The number of nitrogens with one attached hydrogen (secondary N) is 2. The van der Waals surface area contributed by atoms with Gasteiger partial charge in [0, 0.05) is 24.0 Å². The molecule has 2 N–H and O–H groups in total. The van der Waals surface area contributed by atoms with Crippen molar-refractivity contribution >= 4 is 18.0 Å². The number of ketones is 1. The number of aromatic amines is 2. The fraction of sp³-hybridized carbons (Fsp3) is 0.227. The number of allylic oxidation sites excluding steroid dienone is 6. The van der Waals surface area contributed by atoms with E-state index in [9.17, 15) is 9.59 Å². The molecule has 0 atom stereocenters. The molecule has 1 aromatic heterocycles. The lowest BCUT2D eigenvalue weighted by molar-refractivity contribution is -0.115. The Hall–Kier alpha value is -2.79. The van der Waals surface area contributed by atoms with Gasteiger partial charge in [-0.1, -0.05) is 48.6 Å². The highest BCUT2D eigenvalue weighted by molar-refractivity contribution is 7.71. The molecule has 0 aliphatic heterocycles. The molecule has 0 unspecified atom stereocenters. The molecule has 1 heterocycles. The van der Waals surface area contributed by atoms with Gasteiger partial charge in [-0.05, 0) is 48.2 Å². The molecule has 0 saturated heterocycles. The fourth-order valence-electron chi connectivity index (χ4n) is 3.77. The lowest BCUT2D eigenvalue weighted by Crippen LogP contribution is -2.19. The molecule has 0 radical (unpaired) electrons. The monoisotopic (exact) mass is 376 g/mol. The Kier molecular flexibility index (Phi) is 4.86. The summed E-state index contributed by atoms with van der Waals surface area (Å²) in [6.45, 7) is 0. The summed E-state index contributed by atoms with van der Waals surface area (Å²) >= 11 is 5.18. The van der Waals surface area contributed by atoms with Crippen LogP contribution in [0.1, 0.15) is 31.2 Å². The third-order valence-corrected chi connectivity index (χ3v) is 5.30. The van der Waals surface area contributed by atoms with Gasteiger partial charge in [-0.2, -0.15) is 0 Å². The third-order valence-electron chi connectivity index (χ3n) is 5.09. The Bertz CT molecular complexity index is 1100. The predicted octanol–water partition coefficient (Wildman–Crippen LogP) is 4.58. The molecule has 2 aromatic rings. The van der Waals surface area contributed by atoms with Crippen LogP contribution in [0.2, 0.25) is 0 Å². The van der Waals surface area contributed by atoms with Crippen molar-refractivity contribution < 1.29 is 4.79 Å². The van der Waals surface area contributed by atoms with Crippen molar-refractivity contribution in [1.29, 1.82) is 0 Å². The van der Waals surface area contributed by atoms with Crippen LogP contribution >= 0.6 is 12.2 Å². The van der Waals surface area contributed by atoms with Gasteiger partial charge in [0.25, 0.3) is 5.56 Å². The molecular formula is C22H20N2O2S. The smallest absolute Gasteiger partial charge is 0.255 e. The van der Waals surface area contributed by atoms with Crippen LogP contribution in [0, 0.1) is 4.77 Å². The SMILES string of the molecule is O=C1CCC=C2CCC=CC2=C1Cc1c(-c2ccccc2)[nH]c(=S)[nH]c1=O. The van der Waals surface area contributed by atoms with E-state index in [-0.39, 0.29) is 16.1 Å². The van der Waals surface area contributed by atoms with Crippen molar-refractivity contribution in [1.82, 2.24) is 9.97 Å². The Morgan fingerprint density at radius 3 is 2.63 bits per heavy atom. The summed E-state index contributed by atoms with van der Waals surface area (Å²) in [6, 6.07) is 9.62. The first-order valence-corrected chi connectivity index (χ1v) is 9.57. The van der Waals surface area contributed by atoms with E-state index in [0.29, 0.717) is 24.1 Å². The van der Waals surface area contributed by atoms with E-state index in [1.54, 1.807) is 0 Å². The van der Waals surface area contributed by atoms with Gasteiger partial charge >= 0.3 is 0 Å². The molecule has 136 valence electrons. The topological polar surface area (TPSA) is 65.7 Å². The Morgan fingerprint density at radius 1 is 1.00 bits per heavy atom. The number of carbonyl (C=O) groups excluding carboxylic acids is 1. The van der Waals surface area contributed by atoms with E-state index in [1.165, 1.54) is 5.57 Å². The van der Waals surface area contributed by atoms with Gasteiger partial charge in [-0.25, -0.2) is 0 Å². The maximum atomic E-state index is 12.8. The zero-order valence-corrected chi connectivity index (χ0v) is 15.7. The summed E-state index contributed by atoms with van der Waals surface area (Å²) in [4.78, 5) is 31.4. The minimum absolute atomic E-state index is 0.115. The Balaban J connectivity index is 1.89. The number of rotatable bonds is 3. The zero-order chi connectivity index (χ0) is 18.8. The van der Waals surface area contributed by atoms with Crippen molar-refractivity contribution in [2.45, 2.75) is 32.1 Å². The largest absolute Gasteiger partial charge is 0.331 e. The number of benzene rings is 1. The van der Waals surface area contributed by atoms with Gasteiger partial charge in [0.1, 0.15) is 0 Å². The van der Waals surface area contributed by atoms with Gasteiger partial charge in [-0.15, -0.1) is 0 Å². The molecule has 0 saturated carbocycles. The lowest BCUT2D eigenvalue weighted by atomic mass is 9.87. The second kappa shape index (κ2) is 7.45. The van der Waals surface area contributed by atoms with Gasteiger partial charge in [0.2, 0.25) is 0 Å². The van der Waals surface area contributed by atoms with Crippen molar-refractivity contribution in [2.24, 2.45) is 0 Å². The Labute approximate surface area is 162 Å². The van der Waals surface area contributed by atoms with Gasteiger partial charge in [0.05, 0.1) is 5.69 Å². The number of fused-ring (bicyclic) bond motifs is 1. The minimum atomic E-state index is -0.243. The number of aromatic nitrogens is 2. The van der Waals surface area contributed by atoms with Crippen LogP contribution in [-0.4, -0.2) is 15.8 Å². The molecule has 0 bridgehead atoms. The van der Waals surface area contributed by atoms with Crippen molar-refractivity contribution in [3.05, 3.63) is 86.0 Å². The molecule has 2 aliphatic carbocycles. The first kappa shape index (κ1) is 17.6. The van der Waals surface area contributed by atoms with Gasteiger partial charge in [0.15, 0.2) is 10.6 Å². The van der Waals surface area contributed by atoms with E-state index >= 15 is 0 Å². The number of hydrogen-bond donors (Lipinski definition) is 2. The number of H-pyrrole nitrogens is 2. The fourth-order valence-corrected chi connectivity index (χ4v) is 3.96. The molecule has 5 heteroatoms. The van der Waals surface area contributed by atoms with E-state index < -0.39 is 0 Å². The van der Waals surface area contributed by atoms with Crippen LogP contribution in [-0.2, 0) is 11.2 Å². The first-order valence-electron chi connectivity index (χ1n) is 9.16. The van der Waals surface area contributed by atoms with Crippen molar-refractivity contribution in [2.75, 3.05) is 0 Å². The van der Waals surface area contributed by atoms with E-state index in [2.05, 4.69) is 22.1 Å². The molecule has 2 aliphatic rings. The van der Waals surface area contributed by atoms with Gasteiger partial charge < -0.3 is 4.98 Å². The molecule has 1 aromatic carbocycles. The average molecular weight is 376 g/mol. The Morgan fingerprint density at radius 2 is 1.81 bits per heavy atom. The molecular weight excluding hydrogens is 356 g/mol. The standard InChI is InChI=1S/C22H20N2O2S/c25-19-12-6-10-14-7-4-5-11-16(14)17(19)13-18-20(15-8-2-1-3-9-15)23-22(27)24-21(18)26/h1-3,5,8-11H,4,6-7,12-13H2,(H2,23,24,26,27). The normalized spacial score (nSPS) is 16.7. The summed E-state index contributed by atoms with van der Waals surface area (Å²) in [5.41, 5.74) is 4.80. The summed E-state index contributed by atoms with van der Waals surface area (Å²) in [7, 11) is 0. The second-order valence-corrected chi connectivity index (χ2v) is 7.24. The minimum Gasteiger partial charge on any atom is -0.331 e. The number of hydrogen-bond acceptors (Lipinski definition) is 3. The van der Waals surface area contributed by atoms with E-state index in [1.807, 2.05) is 36.4 Å². The highest BCUT2D eigenvalue weighted by atomic mass is 32.1. The van der Waals surface area contributed by atoms with Crippen LogP contribution in [0.5, 0.6) is 0 Å². The maximum absolute atomic E-state index is 12.8. The van der Waals surface area contributed by atoms with Crippen LogP contribution in [0.25, 0.3) is 11.3 Å². The van der Waals surface area contributed by atoms with Crippen LogP contribution in [0.3, 0.4) is 0 Å². The molecule has 27 heavy (non-hydrogen) atoms. The van der Waals surface area contributed by atoms with Crippen LogP contribution in [0.15, 0.2) is 70.1 Å². The molecule has 0 spiro atoms. The summed E-state index contributed by atoms with van der Waals surface area (Å²) in [6.07, 6.45) is 9.78. The zero-order valence-electron chi connectivity index (χ0n) is 14.9. The second-order valence-electron chi connectivity index (χ2n) is 6.83. The molecule has 0 amide bonds. The quantitative estimate of drug-likeness (QED) is 0.771. The van der Waals surface area contributed by atoms with Crippen molar-refractivity contribution in [3.8, 4) is 11.3 Å². The maximum Gasteiger partial charge on any atom is 0.255 e. The molecule has 4 nitrogen and oxygen atoms in total. The van der Waals surface area contributed by atoms with E-state index in [0.717, 1.165) is 36.0 Å². The summed E-state index contributed by atoms with van der Waals surface area (Å²) in [5.74, 6) is 0.115. The van der Waals surface area contributed by atoms with Gasteiger partial charge in [-0.3, -0.25) is 14.6 Å². The molecule has 4 rings (SSSR count). The summed E-state index contributed by atoms with van der Waals surface area (Å²) in [5, 5.41) is 0. The first-order chi connectivity index (χ1) is 13.1. The predicted molar refractivity (Wildman–Crippen MR) is 109 cm³/mol. The lowest BCUT2D eigenvalue weighted by Gasteiger charge is -2.17. The third kappa shape index (κ3) is 3.55. The number of carbonyl (C=O) groups is 1. The highest BCUT2D eigenvalue weighted by Gasteiger charge is 2.23. The molecule has 0 fully saturated rings. The van der Waals surface area contributed by atoms with E-state index in [4.69, 9.17) is 12.2 Å². The van der Waals surface area contributed by atoms with Crippen LogP contribution in [0.4, 0.5) is 0 Å². The number of Topliss-reactive ketones (excluding diaryl/α,β-unsaturated/α-hetero) is 1. The average Bonchev–Trinajstić information content (AvgIpc) is 2.83.